The molecule has 5 aliphatic rings. The lowest BCUT2D eigenvalue weighted by Gasteiger charge is -2.67. The van der Waals surface area contributed by atoms with Gasteiger partial charge in [-0.2, -0.15) is 0 Å². The molecule has 5 aliphatic carbocycles. The third kappa shape index (κ3) is 2.52. The molecule has 0 radical (unpaired) electrons. The molecule has 5 atom stereocenters. The summed E-state index contributed by atoms with van der Waals surface area (Å²) in [5, 5.41) is 3.52. The molecule has 1 amide bonds. The van der Waals surface area contributed by atoms with Gasteiger partial charge in [0.25, 0.3) is 0 Å². The van der Waals surface area contributed by atoms with Crippen LogP contribution in [0.1, 0.15) is 76.2 Å². The highest BCUT2D eigenvalue weighted by Crippen LogP contribution is 2.89. The molecule has 6 rings (SSSR count). The lowest BCUT2D eigenvalue weighted by molar-refractivity contribution is -0.139. The van der Waals surface area contributed by atoms with Crippen LogP contribution in [0.5, 0.6) is 0 Å². The Hall–Kier alpha value is -1.42. The first-order valence-corrected chi connectivity index (χ1v) is 12.6. The Kier molecular flexibility index (Phi) is 4.43. The van der Waals surface area contributed by atoms with E-state index in [0.717, 1.165) is 64.3 Å². The maximum Gasteiger partial charge on any atom is 0.226 e. The molecule has 1 spiro atoms. The van der Waals surface area contributed by atoms with Gasteiger partial charge in [-0.15, -0.1) is 0 Å². The van der Waals surface area contributed by atoms with Gasteiger partial charge in [-0.1, -0.05) is 30.3 Å². The number of alkyl halides is 1. The zero-order valence-corrected chi connectivity index (χ0v) is 18.7. The van der Waals surface area contributed by atoms with E-state index in [1.165, 1.54) is 12.0 Å². The second-order valence-corrected chi connectivity index (χ2v) is 12.0. The molecule has 3 N–H and O–H groups in total. The maximum atomic E-state index is 13.9. The van der Waals surface area contributed by atoms with Crippen molar-refractivity contribution in [3.63, 3.8) is 0 Å². The predicted molar refractivity (Wildman–Crippen MR) is 120 cm³/mol. The normalized spacial score (nSPS) is 47.1. The first-order chi connectivity index (χ1) is 15.0. The molecule has 5 saturated carbocycles. The second-order valence-electron chi connectivity index (χ2n) is 12.0. The van der Waals surface area contributed by atoms with Gasteiger partial charge < -0.3 is 11.1 Å². The van der Waals surface area contributed by atoms with Crippen molar-refractivity contribution in [3.8, 4) is 0 Å². The highest BCUT2D eigenvalue weighted by atomic mass is 19.1. The van der Waals surface area contributed by atoms with E-state index in [9.17, 15) is 9.18 Å². The fraction of sp³-hybridized carbons (Fsp3) is 0.741. The minimum Gasteiger partial charge on any atom is -0.353 e. The molecule has 1 aromatic carbocycles. The highest BCUT2D eigenvalue weighted by Gasteiger charge is 2.84. The quantitative estimate of drug-likeness (QED) is 0.683. The summed E-state index contributed by atoms with van der Waals surface area (Å²) >= 11 is 0. The number of halogens is 1. The molecule has 0 heterocycles. The monoisotopic (exact) mass is 424 g/mol. The molecule has 3 unspecified atom stereocenters. The van der Waals surface area contributed by atoms with Crippen LogP contribution in [0.4, 0.5) is 4.39 Å². The highest BCUT2D eigenvalue weighted by molar-refractivity contribution is 5.85. The van der Waals surface area contributed by atoms with Crippen molar-refractivity contribution in [2.75, 3.05) is 13.2 Å². The van der Waals surface area contributed by atoms with Crippen LogP contribution in [-0.2, 0) is 10.2 Å². The summed E-state index contributed by atoms with van der Waals surface area (Å²) in [5.41, 5.74) is 7.35. The lowest BCUT2D eigenvalue weighted by Crippen LogP contribution is -2.62. The van der Waals surface area contributed by atoms with E-state index in [2.05, 4.69) is 35.6 Å². The summed E-state index contributed by atoms with van der Waals surface area (Å²) in [6.07, 6.45) is 11.5. The summed E-state index contributed by atoms with van der Waals surface area (Å²) < 4.78 is 13.8. The van der Waals surface area contributed by atoms with Gasteiger partial charge in [-0.25, -0.2) is 0 Å². The van der Waals surface area contributed by atoms with Crippen LogP contribution in [0, 0.1) is 28.1 Å². The van der Waals surface area contributed by atoms with E-state index < -0.39 is 0 Å². The van der Waals surface area contributed by atoms with E-state index >= 15 is 0 Å². The fourth-order valence-electron chi connectivity index (χ4n) is 9.82. The van der Waals surface area contributed by atoms with Crippen molar-refractivity contribution in [2.24, 2.45) is 33.8 Å². The van der Waals surface area contributed by atoms with Gasteiger partial charge in [0.2, 0.25) is 5.91 Å². The summed E-state index contributed by atoms with van der Waals surface area (Å²) in [6.45, 7) is 0.550. The number of amides is 1. The van der Waals surface area contributed by atoms with Gasteiger partial charge in [-0.05, 0) is 105 Å². The fourth-order valence-corrected chi connectivity index (χ4v) is 9.82. The van der Waals surface area contributed by atoms with Gasteiger partial charge in [0.15, 0.2) is 0 Å². The molecular weight excluding hydrogens is 387 g/mol. The molecule has 3 nitrogen and oxygen atoms in total. The van der Waals surface area contributed by atoms with Gasteiger partial charge >= 0.3 is 0 Å². The maximum absolute atomic E-state index is 13.9. The van der Waals surface area contributed by atoms with Crippen molar-refractivity contribution < 1.29 is 9.18 Å². The first-order valence-electron chi connectivity index (χ1n) is 12.6. The molecule has 4 heteroatoms. The van der Waals surface area contributed by atoms with Crippen LogP contribution in [0.25, 0.3) is 0 Å². The molecule has 0 aliphatic heterocycles. The Balaban J connectivity index is 1.32. The smallest absolute Gasteiger partial charge is 0.226 e. The number of carbonyl (C=O) groups is 1. The van der Waals surface area contributed by atoms with Gasteiger partial charge in [0, 0.05) is 11.5 Å². The molecule has 0 aromatic heterocycles. The van der Waals surface area contributed by atoms with Crippen LogP contribution in [-0.4, -0.2) is 25.2 Å². The van der Waals surface area contributed by atoms with E-state index in [-0.39, 0.29) is 28.3 Å². The Morgan fingerprint density at radius 2 is 1.81 bits per heavy atom. The second kappa shape index (κ2) is 6.79. The lowest BCUT2D eigenvalue weighted by atomic mass is 9.36. The van der Waals surface area contributed by atoms with E-state index in [1.807, 2.05) is 0 Å². The Bertz CT molecular complexity index is 867. The number of hydrogen-bond acceptors (Lipinski definition) is 2. The zero-order chi connectivity index (χ0) is 21.3. The minimum atomic E-state index is -0.252. The SMILES string of the molecule is NC[C@H]1CC[C@@H](NC(=O)C23CC4CC5(C2)[C@](CCF)(C4)C[C@@]5(c2ccccc2)C3)CC1. The van der Waals surface area contributed by atoms with E-state index in [4.69, 9.17) is 5.73 Å². The Labute approximate surface area is 185 Å². The Morgan fingerprint density at radius 3 is 2.52 bits per heavy atom. The standard InChI is InChI=1S/C27H37FN2O/c28-11-10-25-13-20-12-24(23(31)30-22-8-6-19(15-29)7-9-22)16-26(18-25,27(25,14-20)17-24)21-4-2-1-3-5-21/h1-5,19-20,22H,6-18,29H2,(H,30,31)/t19-,20?,22+,24?,25-,26-,27?/m1/s1. The molecular formula is C27H37FN2O. The number of benzene rings is 1. The van der Waals surface area contributed by atoms with Crippen molar-refractivity contribution in [1.82, 2.24) is 5.32 Å². The minimum absolute atomic E-state index is 0.0726. The van der Waals surface area contributed by atoms with Crippen LogP contribution >= 0.6 is 0 Å². The topological polar surface area (TPSA) is 55.1 Å². The predicted octanol–water partition coefficient (Wildman–Crippen LogP) is 4.89. The van der Waals surface area contributed by atoms with Crippen molar-refractivity contribution in [1.29, 1.82) is 0 Å². The number of nitrogens with two attached hydrogens (primary N) is 1. The average Bonchev–Trinajstić information content (AvgIpc) is 3.08. The van der Waals surface area contributed by atoms with Crippen LogP contribution in [0.2, 0.25) is 0 Å². The van der Waals surface area contributed by atoms with Crippen molar-refractivity contribution >= 4 is 5.91 Å². The van der Waals surface area contributed by atoms with Gasteiger partial charge in [0.05, 0.1) is 12.1 Å². The molecule has 0 saturated heterocycles. The third-order valence-corrected chi connectivity index (χ3v) is 10.7. The van der Waals surface area contributed by atoms with Crippen molar-refractivity contribution in [3.05, 3.63) is 35.9 Å². The molecule has 3 bridgehead atoms. The van der Waals surface area contributed by atoms with E-state index in [0.29, 0.717) is 30.2 Å². The first kappa shape index (κ1) is 20.2. The largest absolute Gasteiger partial charge is 0.353 e. The molecule has 168 valence electrons. The van der Waals surface area contributed by atoms with Crippen molar-refractivity contribution in [2.45, 2.75) is 82.1 Å². The number of hydrogen-bond donors (Lipinski definition) is 2. The van der Waals surface area contributed by atoms with Crippen LogP contribution in [0.3, 0.4) is 0 Å². The zero-order valence-electron chi connectivity index (χ0n) is 18.7. The summed E-state index contributed by atoms with van der Waals surface area (Å²) in [6, 6.07) is 11.2. The third-order valence-electron chi connectivity index (χ3n) is 10.7. The van der Waals surface area contributed by atoms with Crippen LogP contribution in [0.15, 0.2) is 30.3 Å². The average molecular weight is 425 g/mol. The number of fused-ring (bicyclic) bond motifs is 2. The summed E-state index contributed by atoms with van der Waals surface area (Å²) in [7, 11) is 0. The van der Waals surface area contributed by atoms with E-state index in [1.54, 1.807) is 0 Å². The number of nitrogens with one attached hydrogen (secondary N) is 1. The number of rotatable bonds is 6. The Morgan fingerprint density at radius 1 is 1.03 bits per heavy atom. The summed E-state index contributed by atoms with van der Waals surface area (Å²) in [5.74, 6) is 1.53. The molecule has 1 aromatic rings. The van der Waals surface area contributed by atoms with Gasteiger partial charge in [-0.3, -0.25) is 9.18 Å². The van der Waals surface area contributed by atoms with Crippen LogP contribution < -0.4 is 11.1 Å². The number of carbonyl (C=O) groups excluding carboxylic acids is 1. The molecule has 31 heavy (non-hydrogen) atoms. The summed E-state index contributed by atoms with van der Waals surface area (Å²) in [4.78, 5) is 13.9. The molecule has 5 fully saturated rings. The van der Waals surface area contributed by atoms with Gasteiger partial charge in [0.1, 0.15) is 0 Å².